The third-order valence-electron chi connectivity index (χ3n) is 2.72. The van der Waals surface area contributed by atoms with Gasteiger partial charge in [0.1, 0.15) is 6.61 Å². The molecule has 0 atom stereocenters. The summed E-state index contributed by atoms with van der Waals surface area (Å²) in [7, 11) is 0. The molecule has 0 radical (unpaired) electrons. The Hall–Kier alpha value is -3.45. The van der Waals surface area contributed by atoms with Crippen LogP contribution in [0.2, 0.25) is 0 Å². The molecule has 0 fully saturated rings. The van der Waals surface area contributed by atoms with Crippen LogP contribution >= 0.6 is 0 Å². The first kappa shape index (κ1) is 26.8. The molecule has 7 heteroatoms. The number of carboxylic acids is 2. The number of aliphatic hydroxyl groups is 1. The van der Waals surface area contributed by atoms with Crippen LogP contribution in [0.25, 0.3) is 12.2 Å². The van der Waals surface area contributed by atoms with Gasteiger partial charge in [-0.3, -0.25) is 4.79 Å². The summed E-state index contributed by atoms with van der Waals surface area (Å²) in [5, 5.41) is 24.4. The maximum atomic E-state index is 10.7. The maximum absolute atomic E-state index is 10.7. The van der Waals surface area contributed by atoms with E-state index in [0.29, 0.717) is 0 Å². The molecule has 0 aliphatic heterocycles. The van der Waals surface area contributed by atoms with Gasteiger partial charge >= 0.3 is 17.9 Å². The number of benzene rings is 1. The second kappa shape index (κ2) is 15.8. The Balaban J connectivity index is 0. The maximum Gasteiger partial charge on any atom is 0.334 e. The number of hydrogen-bond acceptors (Lipinski definition) is 5. The molecule has 0 unspecified atom stereocenters. The fraction of sp³-hybridized carbons (Fsp3) is 0.190. The van der Waals surface area contributed by atoms with E-state index in [1.165, 1.54) is 6.92 Å². The molecule has 0 heterocycles. The summed E-state index contributed by atoms with van der Waals surface area (Å²) in [6.45, 7) is 14.7. The number of aliphatic carboxylic acids is 2. The highest BCUT2D eigenvalue weighted by Gasteiger charge is 2.11. The molecule has 0 amide bonds. The van der Waals surface area contributed by atoms with Crippen molar-refractivity contribution in [2.45, 2.75) is 13.3 Å². The normalized spacial score (nSPS) is 8.64. The zero-order chi connectivity index (χ0) is 22.1. The Morgan fingerprint density at radius 3 is 1.86 bits per heavy atom. The van der Waals surface area contributed by atoms with E-state index in [0.717, 1.165) is 11.1 Å². The van der Waals surface area contributed by atoms with Gasteiger partial charge in [0.15, 0.2) is 0 Å². The van der Waals surface area contributed by atoms with Gasteiger partial charge in [0, 0.05) is 11.1 Å². The summed E-state index contributed by atoms with van der Waals surface area (Å²) in [5.41, 5.74) is 2.32. The topological polar surface area (TPSA) is 121 Å². The average molecular weight is 390 g/mol. The molecule has 0 saturated heterocycles. The Morgan fingerprint density at radius 2 is 1.54 bits per heavy atom. The number of ether oxygens (including phenoxy) is 1. The average Bonchev–Trinajstić information content (AvgIpc) is 2.66. The van der Waals surface area contributed by atoms with Gasteiger partial charge in [-0.15, -0.1) is 0 Å². The van der Waals surface area contributed by atoms with Gasteiger partial charge in [0.25, 0.3) is 0 Å². The molecule has 7 nitrogen and oxygen atoms in total. The van der Waals surface area contributed by atoms with Crippen LogP contribution < -0.4 is 0 Å². The Kier molecular flexibility index (Phi) is 15.1. The zero-order valence-electron chi connectivity index (χ0n) is 15.9. The van der Waals surface area contributed by atoms with Gasteiger partial charge in [-0.1, -0.05) is 56.7 Å². The minimum atomic E-state index is -1.14. The van der Waals surface area contributed by atoms with Crippen LogP contribution in [0.4, 0.5) is 0 Å². The van der Waals surface area contributed by atoms with Crippen molar-refractivity contribution in [1.82, 2.24) is 0 Å². The van der Waals surface area contributed by atoms with E-state index in [1.54, 1.807) is 0 Å². The first-order valence-electron chi connectivity index (χ1n) is 8.00. The van der Waals surface area contributed by atoms with Crippen molar-refractivity contribution < 1.29 is 34.4 Å². The van der Waals surface area contributed by atoms with Gasteiger partial charge in [-0.25, -0.2) is 9.59 Å². The van der Waals surface area contributed by atoms with E-state index in [4.69, 9.17) is 15.3 Å². The molecule has 0 aromatic heterocycles. The van der Waals surface area contributed by atoms with Crippen LogP contribution in [0.15, 0.2) is 61.7 Å². The van der Waals surface area contributed by atoms with Crippen LogP contribution in [-0.4, -0.2) is 46.4 Å². The van der Waals surface area contributed by atoms with Crippen molar-refractivity contribution in [3.63, 3.8) is 0 Å². The Morgan fingerprint density at radius 1 is 1.07 bits per heavy atom. The van der Waals surface area contributed by atoms with Gasteiger partial charge < -0.3 is 20.1 Å². The van der Waals surface area contributed by atoms with E-state index in [9.17, 15) is 14.4 Å². The summed E-state index contributed by atoms with van der Waals surface area (Å²) in [4.78, 5) is 30.4. The zero-order valence-corrected chi connectivity index (χ0v) is 15.9. The third kappa shape index (κ3) is 14.9. The van der Waals surface area contributed by atoms with Crippen LogP contribution in [0, 0.1) is 0 Å². The fourth-order valence-corrected chi connectivity index (χ4v) is 1.31. The third-order valence-corrected chi connectivity index (χ3v) is 2.72. The Bertz CT molecular complexity index is 682. The van der Waals surface area contributed by atoms with Crippen molar-refractivity contribution >= 4 is 30.1 Å². The van der Waals surface area contributed by atoms with Gasteiger partial charge in [-0.2, -0.15) is 0 Å². The molecule has 0 spiro atoms. The van der Waals surface area contributed by atoms with Crippen LogP contribution in [0.5, 0.6) is 0 Å². The lowest BCUT2D eigenvalue weighted by molar-refractivity contribution is -0.143. The highest BCUT2D eigenvalue weighted by Crippen LogP contribution is 2.06. The number of hydrogen-bond donors (Lipinski definition) is 3. The number of carbonyl (C=O) groups excluding carboxylic acids is 1. The second-order valence-corrected chi connectivity index (χ2v) is 5.20. The van der Waals surface area contributed by atoms with Gasteiger partial charge in [0.05, 0.1) is 13.0 Å². The number of rotatable bonds is 8. The summed E-state index contributed by atoms with van der Waals surface area (Å²) in [6, 6.07) is 8.06. The van der Waals surface area contributed by atoms with E-state index in [-0.39, 0.29) is 24.4 Å². The quantitative estimate of drug-likeness (QED) is 0.460. The van der Waals surface area contributed by atoms with Crippen molar-refractivity contribution in [2.75, 3.05) is 13.2 Å². The predicted molar refractivity (Wildman–Crippen MR) is 109 cm³/mol. The number of aliphatic hydroxyl groups excluding tert-OH is 1. The van der Waals surface area contributed by atoms with Crippen LogP contribution in [0.3, 0.4) is 0 Å². The van der Waals surface area contributed by atoms with Crippen molar-refractivity contribution in [2.24, 2.45) is 0 Å². The first-order valence-corrected chi connectivity index (χ1v) is 8.00. The van der Waals surface area contributed by atoms with Crippen LogP contribution in [-0.2, 0) is 19.1 Å². The first-order chi connectivity index (χ1) is 13.1. The van der Waals surface area contributed by atoms with Crippen molar-refractivity contribution in [3.05, 3.63) is 72.9 Å². The molecular formula is C21H26O7. The molecule has 152 valence electrons. The highest BCUT2D eigenvalue weighted by molar-refractivity contribution is 5.92. The molecule has 28 heavy (non-hydrogen) atoms. The standard InChI is InChI=1S/C10H10.C7H10O5.C4H6O2/c1-3-9-6-5-7-10(4-2)8-9;1-5(4-6(9)10)7(11)12-3-2-8;1-3(2)4(5)6/h3-8H,1-2H2;8H,1-4H2,(H,9,10);1H2,2H3,(H,5,6). The highest BCUT2D eigenvalue weighted by atomic mass is 16.5. The van der Waals surface area contributed by atoms with Gasteiger partial charge in [0.2, 0.25) is 0 Å². The molecular weight excluding hydrogens is 364 g/mol. The second-order valence-electron chi connectivity index (χ2n) is 5.20. The predicted octanol–water partition coefficient (Wildman–Crippen LogP) is 3.17. The van der Waals surface area contributed by atoms with Crippen LogP contribution in [0.1, 0.15) is 24.5 Å². The molecule has 3 N–H and O–H groups in total. The van der Waals surface area contributed by atoms with Gasteiger partial charge in [-0.05, 0) is 24.1 Å². The SMILES string of the molecule is C=C(C)C(=O)O.C=C(CC(=O)O)C(=O)OCCO.C=Cc1cccc(C=C)c1. The van der Waals surface area contributed by atoms with E-state index >= 15 is 0 Å². The summed E-state index contributed by atoms with van der Waals surface area (Å²) in [6.07, 6.45) is 3.21. The fourth-order valence-electron chi connectivity index (χ4n) is 1.31. The van der Waals surface area contributed by atoms with E-state index in [1.807, 2.05) is 36.4 Å². The largest absolute Gasteiger partial charge is 0.481 e. The molecule has 1 aromatic rings. The summed E-state index contributed by atoms with van der Waals surface area (Å²) >= 11 is 0. The lowest BCUT2D eigenvalue weighted by Gasteiger charge is -2.02. The minimum absolute atomic E-state index is 0.129. The lowest BCUT2D eigenvalue weighted by atomic mass is 10.1. The smallest absolute Gasteiger partial charge is 0.334 e. The summed E-state index contributed by atoms with van der Waals surface area (Å²) < 4.78 is 4.40. The van der Waals surface area contributed by atoms with Crippen molar-refractivity contribution in [1.29, 1.82) is 0 Å². The Labute approximate surface area is 164 Å². The molecule has 0 bridgehead atoms. The monoisotopic (exact) mass is 390 g/mol. The molecule has 1 rings (SSSR count). The minimum Gasteiger partial charge on any atom is -0.481 e. The lowest BCUT2D eigenvalue weighted by Crippen LogP contribution is -2.12. The van der Waals surface area contributed by atoms with E-state index < -0.39 is 24.3 Å². The number of carboxylic acid groups (broad SMARTS) is 2. The molecule has 0 aliphatic carbocycles. The van der Waals surface area contributed by atoms with E-state index in [2.05, 4.69) is 31.1 Å². The molecule has 0 saturated carbocycles. The van der Waals surface area contributed by atoms with Crippen molar-refractivity contribution in [3.8, 4) is 0 Å². The number of carbonyl (C=O) groups is 3. The summed E-state index contributed by atoms with van der Waals surface area (Å²) in [5.74, 6) is -2.86. The number of esters is 1. The molecule has 0 aliphatic rings. The molecule has 1 aromatic carbocycles.